The van der Waals surface area contributed by atoms with Crippen LogP contribution in [-0.2, 0) is 4.79 Å². The van der Waals surface area contributed by atoms with E-state index in [9.17, 15) is 4.79 Å². The summed E-state index contributed by atoms with van der Waals surface area (Å²) in [6.07, 6.45) is 3.37. The third-order valence-electron chi connectivity index (χ3n) is 3.29. The lowest BCUT2D eigenvalue weighted by Gasteiger charge is -2.32. The zero-order valence-electron chi connectivity index (χ0n) is 8.42. The Morgan fingerprint density at radius 1 is 1.54 bits per heavy atom. The number of carbonyl (C=O) groups excluding carboxylic acids is 1. The highest BCUT2D eigenvalue weighted by atomic mass is 16.2. The molecule has 0 radical (unpaired) electrons. The van der Waals surface area contributed by atoms with Gasteiger partial charge in [-0.15, -0.1) is 0 Å². The second-order valence-corrected chi connectivity index (χ2v) is 4.30. The van der Waals surface area contributed by atoms with Crippen molar-refractivity contribution in [3.63, 3.8) is 0 Å². The van der Waals surface area contributed by atoms with Crippen LogP contribution in [0.1, 0.15) is 26.2 Å². The Morgan fingerprint density at radius 2 is 2.23 bits per heavy atom. The molecule has 2 rings (SSSR count). The summed E-state index contributed by atoms with van der Waals surface area (Å²) >= 11 is 0. The molecule has 1 heterocycles. The molecule has 3 unspecified atom stereocenters. The molecule has 1 amide bonds. The maximum Gasteiger partial charge on any atom is 0.239 e. The maximum absolute atomic E-state index is 11.8. The summed E-state index contributed by atoms with van der Waals surface area (Å²) in [5.74, 6) is 1.06. The van der Waals surface area contributed by atoms with Gasteiger partial charge >= 0.3 is 0 Å². The fourth-order valence-corrected chi connectivity index (χ4v) is 2.23. The quantitative estimate of drug-likeness (QED) is 0.678. The van der Waals surface area contributed by atoms with Gasteiger partial charge in [0.25, 0.3) is 0 Å². The number of likely N-dealkylation sites (tertiary alicyclic amines) is 1. The number of hydrogen-bond donors (Lipinski definition) is 1. The molecule has 0 aromatic rings. The molecule has 1 aliphatic carbocycles. The Morgan fingerprint density at radius 3 is 2.77 bits per heavy atom. The largest absolute Gasteiger partial charge is 0.338 e. The van der Waals surface area contributed by atoms with Gasteiger partial charge in [0.2, 0.25) is 5.91 Å². The number of carbonyl (C=O) groups is 1. The van der Waals surface area contributed by atoms with E-state index in [1.54, 1.807) is 0 Å². The molecule has 1 saturated heterocycles. The summed E-state index contributed by atoms with van der Waals surface area (Å²) in [7, 11) is 1.88. The van der Waals surface area contributed by atoms with Gasteiger partial charge in [-0.25, -0.2) is 0 Å². The molecule has 0 bridgehead atoms. The van der Waals surface area contributed by atoms with Crippen molar-refractivity contribution in [2.45, 2.75) is 38.3 Å². The van der Waals surface area contributed by atoms with Crippen LogP contribution in [0.25, 0.3) is 0 Å². The minimum absolute atomic E-state index is 0.0848. The van der Waals surface area contributed by atoms with Gasteiger partial charge in [-0.3, -0.25) is 4.79 Å². The molecule has 1 saturated carbocycles. The van der Waals surface area contributed by atoms with E-state index >= 15 is 0 Å². The summed E-state index contributed by atoms with van der Waals surface area (Å²) in [4.78, 5) is 13.9. The van der Waals surface area contributed by atoms with Crippen LogP contribution in [0.3, 0.4) is 0 Å². The number of hydrogen-bond acceptors (Lipinski definition) is 2. The van der Waals surface area contributed by atoms with Crippen molar-refractivity contribution in [1.29, 1.82) is 0 Å². The van der Waals surface area contributed by atoms with Gasteiger partial charge in [0.1, 0.15) is 0 Å². The van der Waals surface area contributed by atoms with Gasteiger partial charge < -0.3 is 10.2 Å². The third kappa shape index (κ3) is 1.57. The molecule has 3 nitrogen and oxygen atoms in total. The standard InChI is InChI=1S/C10H18N2O/c1-7-6-9(7)12-5-3-4-8(11-2)10(12)13/h7-9,11H,3-6H2,1-2H3. The summed E-state index contributed by atoms with van der Waals surface area (Å²) < 4.78 is 0. The van der Waals surface area contributed by atoms with E-state index in [0.29, 0.717) is 11.9 Å². The normalized spacial score (nSPS) is 39.4. The van der Waals surface area contributed by atoms with Gasteiger partial charge in [-0.2, -0.15) is 0 Å². The first-order valence-corrected chi connectivity index (χ1v) is 5.21. The third-order valence-corrected chi connectivity index (χ3v) is 3.29. The van der Waals surface area contributed by atoms with E-state index in [-0.39, 0.29) is 6.04 Å². The fourth-order valence-electron chi connectivity index (χ4n) is 2.23. The monoisotopic (exact) mass is 182 g/mol. The first-order valence-electron chi connectivity index (χ1n) is 5.21. The van der Waals surface area contributed by atoms with E-state index in [1.165, 1.54) is 6.42 Å². The Balaban J connectivity index is 1.99. The highest BCUT2D eigenvalue weighted by Gasteiger charge is 2.43. The van der Waals surface area contributed by atoms with Gasteiger partial charge in [0.15, 0.2) is 0 Å². The van der Waals surface area contributed by atoms with Crippen LogP contribution in [0.15, 0.2) is 0 Å². The molecule has 13 heavy (non-hydrogen) atoms. The first-order chi connectivity index (χ1) is 6.24. The number of nitrogens with zero attached hydrogens (tertiary/aromatic N) is 1. The Kier molecular flexibility index (Phi) is 2.28. The maximum atomic E-state index is 11.8. The van der Waals surface area contributed by atoms with E-state index in [4.69, 9.17) is 0 Å². The van der Waals surface area contributed by atoms with Crippen molar-refractivity contribution in [1.82, 2.24) is 10.2 Å². The summed E-state index contributed by atoms with van der Waals surface area (Å²) in [6, 6.07) is 0.644. The molecule has 1 N–H and O–H groups in total. The molecule has 0 aromatic heterocycles. The number of rotatable bonds is 2. The molecular formula is C10H18N2O. The second kappa shape index (κ2) is 3.29. The highest BCUT2D eigenvalue weighted by Crippen LogP contribution is 2.36. The number of piperidine rings is 1. The molecule has 74 valence electrons. The molecule has 0 aromatic carbocycles. The van der Waals surface area contributed by atoms with Crippen molar-refractivity contribution in [3.05, 3.63) is 0 Å². The van der Waals surface area contributed by atoms with Crippen molar-refractivity contribution in [3.8, 4) is 0 Å². The topological polar surface area (TPSA) is 32.3 Å². The van der Waals surface area contributed by atoms with Gasteiger partial charge in [-0.1, -0.05) is 6.92 Å². The smallest absolute Gasteiger partial charge is 0.239 e. The van der Waals surface area contributed by atoms with Crippen LogP contribution in [0.2, 0.25) is 0 Å². The molecule has 2 fully saturated rings. The van der Waals surface area contributed by atoms with Gasteiger partial charge in [0, 0.05) is 12.6 Å². The summed E-state index contributed by atoms with van der Waals surface area (Å²) in [6.45, 7) is 3.20. The van der Waals surface area contributed by atoms with Crippen LogP contribution in [0, 0.1) is 5.92 Å². The predicted octanol–water partition coefficient (Wildman–Crippen LogP) is 0.605. The van der Waals surface area contributed by atoms with Crippen molar-refractivity contribution < 1.29 is 4.79 Å². The molecule has 3 heteroatoms. The molecule has 3 atom stereocenters. The predicted molar refractivity (Wildman–Crippen MR) is 51.4 cm³/mol. The van der Waals surface area contributed by atoms with E-state index in [1.807, 2.05) is 7.05 Å². The summed E-state index contributed by atoms with van der Waals surface area (Å²) in [5.41, 5.74) is 0. The van der Waals surface area contributed by atoms with Crippen LogP contribution >= 0.6 is 0 Å². The van der Waals surface area contributed by atoms with E-state index in [2.05, 4.69) is 17.1 Å². The SMILES string of the molecule is CNC1CCCN(C2CC2C)C1=O. The average molecular weight is 182 g/mol. The van der Waals surface area contributed by atoms with Gasteiger partial charge in [-0.05, 0) is 32.2 Å². The zero-order chi connectivity index (χ0) is 9.42. The zero-order valence-corrected chi connectivity index (χ0v) is 8.42. The Labute approximate surface area is 79.5 Å². The Hall–Kier alpha value is -0.570. The van der Waals surface area contributed by atoms with Crippen LogP contribution < -0.4 is 5.32 Å². The lowest BCUT2D eigenvalue weighted by molar-refractivity contribution is -0.136. The first kappa shape index (κ1) is 9.00. The van der Waals surface area contributed by atoms with Gasteiger partial charge in [0.05, 0.1) is 6.04 Å². The molecule has 2 aliphatic rings. The molecule has 1 aliphatic heterocycles. The van der Waals surface area contributed by atoms with Crippen molar-refractivity contribution in [2.75, 3.05) is 13.6 Å². The minimum atomic E-state index is 0.0848. The van der Waals surface area contributed by atoms with Crippen LogP contribution in [0.4, 0.5) is 0 Å². The second-order valence-electron chi connectivity index (χ2n) is 4.30. The molecular weight excluding hydrogens is 164 g/mol. The number of amides is 1. The highest BCUT2D eigenvalue weighted by molar-refractivity contribution is 5.83. The van der Waals surface area contributed by atoms with E-state index < -0.39 is 0 Å². The average Bonchev–Trinajstić information content (AvgIpc) is 2.83. The Bertz CT molecular complexity index is 217. The lowest BCUT2D eigenvalue weighted by Crippen LogP contribution is -2.50. The number of nitrogens with one attached hydrogen (secondary N) is 1. The van der Waals surface area contributed by atoms with Crippen molar-refractivity contribution >= 4 is 5.91 Å². The van der Waals surface area contributed by atoms with Crippen LogP contribution in [0.5, 0.6) is 0 Å². The lowest BCUT2D eigenvalue weighted by atomic mass is 10.0. The van der Waals surface area contributed by atoms with E-state index in [0.717, 1.165) is 25.3 Å². The molecule has 0 spiro atoms. The minimum Gasteiger partial charge on any atom is -0.338 e. The van der Waals surface area contributed by atoms with Crippen LogP contribution in [-0.4, -0.2) is 36.5 Å². The fraction of sp³-hybridized carbons (Fsp3) is 0.900. The summed E-state index contributed by atoms with van der Waals surface area (Å²) in [5, 5.41) is 3.09. The van der Waals surface area contributed by atoms with Crippen molar-refractivity contribution in [2.24, 2.45) is 5.92 Å². The number of likely N-dealkylation sites (N-methyl/N-ethyl adjacent to an activating group) is 1.